The van der Waals surface area contributed by atoms with Gasteiger partial charge in [-0.3, -0.25) is 4.98 Å². The number of ether oxygens (including phenoxy) is 1. The molecule has 110 valence electrons. The Kier molecular flexibility index (Phi) is 4.20. The molecule has 0 saturated heterocycles. The highest BCUT2D eigenvalue weighted by Crippen LogP contribution is 2.29. The Bertz CT molecular complexity index is 774. The first-order valence-electron chi connectivity index (χ1n) is 5.83. The number of nitrogens with zero attached hydrogens (tertiary/aromatic N) is 1. The number of nitrogens with one attached hydrogen (secondary N) is 1. The maximum atomic E-state index is 11.9. The van der Waals surface area contributed by atoms with E-state index in [1.807, 2.05) is 0 Å². The van der Waals surface area contributed by atoms with Gasteiger partial charge in [-0.15, -0.1) is 0 Å². The van der Waals surface area contributed by atoms with E-state index in [1.54, 1.807) is 12.1 Å². The smallest absolute Gasteiger partial charge is 0.339 e. The lowest BCUT2D eigenvalue weighted by Crippen LogP contribution is -2.19. The van der Waals surface area contributed by atoms with E-state index in [9.17, 15) is 13.2 Å². The zero-order valence-corrected chi connectivity index (χ0v) is 11.8. The minimum atomic E-state index is -3.72. The van der Waals surface area contributed by atoms with Crippen LogP contribution in [-0.2, 0) is 10.0 Å². The van der Waals surface area contributed by atoms with Gasteiger partial charge in [-0.25, -0.2) is 17.9 Å². The van der Waals surface area contributed by atoms with Gasteiger partial charge in [0.15, 0.2) is 5.75 Å². The Hall–Kier alpha value is -2.45. The molecule has 2 aromatic rings. The summed E-state index contributed by atoms with van der Waals surface area (Å²) in [5, 5.41) is 9.08. The van der Waals surface area contributed by atoms with E-state index in [2.05, 4.69) is 9.71 Å². The van der Waals surface area contributed by atoms with E-state index < -0.39 is 16.0 Å². The van der Waals surface area contributed by atoms with Crippen LogP contribution in [0.1, 0.15) is 10.4 Å². The third-order valence-corrected chi connectivity index (χ3v) is 4.10. The van der Waals surface area contributed by atoms with Crippen LogP contribution in [0, 0.1) is 0 Å². The van der Waals surface area contributed by atoms with Gasteiger partial charge in [-0.2, -0.15) is 0 Å². The predicted octanol–water partition coefficient (Wildman–Crippen LogP) is 1.48. The lowest BCUT2D eigenvalue weighted by molar-refractivity contribution is 0.0694. The Morgan fingerprint density at radius 3 is 2.62 bits per heavy atom. The molecule has 0 bridgehead atoms. The number of aromatic carboxylic acids is 1. The molecule has 0 saturated carbocycles. The first-order valence-corrected chi connectivity index (χ1v) is 7.32. The Balaban J connectivity index is 2.49. The molecule has 0 unspecified atom stereocenters. The van der Waals surface area contributed by atoms with Crippen molar-refractivity contribution in [2.24, 2.45) is 0 Å². The van der Waals surface area contributed by atoms with E-state index in [4.69, 9.17) is 9.84 Å². The van der Waals surface area contributed by atoms with Gasteiger partial charge in [0.05, 0.1) is 6.20 Å². The largest absolute Gasteiger partial charge is 0.478 e. The molecule has 1 heterocycles. The molecule has 1 aromatic carbocycles. The van der Waals surface area contributed by atoms with Crippen molar-refractivity contribution in [3.05, 3.63) is 48.3 Å². The predicted molar refractivity (Wildman–Crippen MR) is 74.0 cm³/mol. The van der Waals surface area contributed by atoms with Gasteiger partial charge < -0.3 is 9.84 Å². The second-order valence-corrected chi connectivity index (χ2v) is 5.79. The van der Waals surface area contributed by atoms with Crippen LogP contribution in [0.4, 0.5) is 0 Å². The van der Waals surface area contributed by atoms with Crippen molar-refractivity contribution < 1.29 is 23.1 Å². The fourth-order valence-corrected chi connectivity index (χ4v) is 2.48. The molecule has 8 heteroatoms. The van der Waals surface area contributed by atoms with Gasteiger partial charge in [-0.05, 0) is 25.2 Å². The quantitative estimate of drug-likeness (QED) is 0.866. The molecular formula is C13H12N2O5S. The minimum Gasteiger partial charge on any atom is -0.478 e. The molecule has 0 radical (unpaired) electrons. The number of carbonyl (C=O) groups is 1. The SMILES string of the molecule is CNS(=O)(=O)c1ccccc1Oc1cnccc1C(=O)O. The number of sulfonamides is 1. The fraction of sp³-hybridized carbons (Fsp3) is 0.0769. The Labute approximate surface area is 121 Å². The Morgan fingerprint density at radius 2 is 1.95 bits per heavy atom. The number of pyridine rings is 1. The van der Waals surface area contributed by atoms with Crippen LogP contribution in [-0.4, -0.2) is 31.5 Å². The monoisotopic (exact) mass is 308 g/mol. The first kappa shape index (κ1) is 14.9. The summed E-state index contributed by atoms with van der Waals surface area (Å²) >= 11 is 0. The van der Waals surface area contributed by atoms with Crippen LogP contribution < -0.4 is 9.46 Å². The van der Waals surface area contributed by atoms with E-state index in [0.717, 1.165) is 0 Å². The molecule has 0 aliphatic heterocycles. The second-order valence-electron chi connectivity index (χ2n) is 3.93. The third kappa shape index (κ3) is 3.18. The van der Waals surface area contributed by atoms with Gasteiger partial charge >= 0.3 is 5.97 Å². The second kappa shape index (κ2) is 5.90. The minimum absolute atomic E-state index is 0.0161. The number of aromatic nitrogens is 1. The number of rotatable bonds is 5. The molecular weight excluding hydrogens is 296 g/mol. The van der Waals surface area contributed by atoms with Crippen LogP contribution in [0.25, 0.3) is 0 Å². The maximum Gasteiger partial charge on any atom is 0.339 e. The zero-order valence-electron chi connectivity index (χ0n) is 11.0. The lowest BCUT2D eigenvalue weighted by atomic mass is 10.2. The number of hydrogen-bond acceptors (Lipinski definition) is 5. The van der Waals surface area contributed by atoms with E-state index in [0.29, 0.717) is 0 Å². The highest BCUT2D eigenvalue weighted by molar-refractivity contribution is 7.89. The topological polar surface area (TPSA) is 106 Å². The highest BCUT2D eigenvalue weighted by Gasteiger charge is 2.19. The summed E-state index contributed by atoms with van der Waals surface area (Å²) in [6.07, 6.45) is 2.53. The number of benzene rings is 1. The van der Waals surface area contributed by atoms with E-state index in [1.165, 1.54) is 37.6 Å². The maximum absolute atomic E-state index is 11.9. The molecule has 0 atom stereocenters. The van der Waals surface area contributed by atoms with Gasteiger partial charge in [0, 0.05) is 6.20 Å². The summed E-state index contributed by atoms with van der Waals surface area (Å²) in [6.45, 7) is 0. The molecule has 1 aromatic heterocycles. The van der Waals surface area contributed by atoms with Crippen molar-refractivity contribution in [2.75, 3.05) is 7.05 Å². The van der Waals surface area contributed by atoms with E-state index >= 15 is 0 Å². The van der Waals surface area contributed by atoms with Crippen molar-refractivity contribution in [3.63, 3.8) is 0 Å². The van der Waals surface area contributed by atoms with Crippen molar-refractivity contribution >= 4 is 16.0 Å². The normalized spacial score (nSPS) is 11.1. The molecule has 21 heavy (non-hydrogen) atoms. The molecule has 2 rings (SSSR count). The van der Waals surface area contributed by atoms with Crippen LogP contribution in [0.5, 0.6) is 11.5 Å². The van der Waals surface area contributed by atoms with E-state index in [-0.39, 0.29) is 22.0 Å². The van der Waals surface area contributed by atoms with Crippen molar-refractivity contribution in [1.29, 1.82) is 0 Å². The highest BCUT2D eigenvalue weighted by atomic mass is 32.2. The summed E-state index contributed by atoms with van der Waals surface area (Å²) in [5.41, 5.74) is -0.110. The number of para-hydroxylation sites is 1. The standard InChI is InChI=1S/C13H12N2O5S/c1-14-21(18,19)12-5-3-2-4-10(12)20-11-8-15-7-6-9(11)13(16)17/h2-8,14H,1H3,(H,16,17). The van der Waals surface area contributed by atoms with Crippen LogP contribution >= 0.6 is 0 Å². The van der Waals surface area contributed by atoms with Crippen LogP contribution in [0.3, 0.4) is 0 Å². The summed E-state index contributed by atoms with van der Waals surface area (Å²) in [7, 11) is -2.45. The Morgan fingerprint density at radius 1 is 1.24 bits per heavy atom. The molecule has 2 N–H and O–H groups in total. The van der Waals surface area contributed by atoms with Gasteiger partial charge in [0.1, 0.15) is 16.2 Å². The molecule has 0 spiro atoms. The van der Waals surface area contributed by atoms with Gasteiger partial charge in [0.2, 0.25) is 10.0 Å². The third-order valence-electron chi connectivity index (χ3n) is 2.64. The summed E-state index contributed by atoms with van der Waals surface area (Å²) in [5.74, 6) is -1.22. The number of hydrogen-bond donors (Lipinski definition) is 2. The summed E-state index contributed by atoms with van der Waals surface area (Å²) in [4.78, 5) is 14.8. The molecule has 0 amide bonds. The van der Waals surface area contributed by atoms with Crippen molar-refractivity contribution in [1.82, 2.24) is 9.71 Å². The summed E-state index contributed by atoms with van der Waals surface area (Å²) in [6, 6.07) is 7.19. The zero-order chi connectivity index (χ0) is 15.5. The summed E-state index contributed by atoms with van der Waals surface area (Å²) < 4.78 is 31.4. The molecule has 0 aliphatic rings. The van der Waals surface area contributed by atoms with Crippen LogP contribution in [0.2, 0.25) is 0 Å². The molecule has 0 aliphatic carbocycles. The average Bonchev–Trinajstić information content (AvgIpc) is 2.48. The van der Waals surface area contributed by atoms with Gasteiger partial charge in [0.25, 0.3) is 0 Å². The van der Waals surface area contributed by atoms with Crippen molar-refractivity contribution in [2.45, 2.75) is 4.90 Å². The van der Waals surface area contributed by atoms with Crippen molar-refractivity contribution in [3.8, 4) is 11.5 Å². The number of carboxylic acid groups (broad SMARTS) is 1. The first-order chi connectivity index (χ1) is 9.95. The van der Waals surface area contributed by atoms with Crippen LogP contribution in [0.15, 0.2) is 47.6 Å². The lowest BCUT2D eigenvalue weighted by Gasteiger charge is -2.12. The van der Waals surface area contributed by atoms with Gasteiger partial charge in [-0.1, -0.05) is 12.1 Å². The number of carboxylic acids is 1. The average molecular weight is 308 g/mol. The fourth-order valence-electron chi connectivity index (χ4n) is 1.62. The molecule has 0 fully saturated rings. The molecule has 7 nitrogen and oxygen atoms in total.